The number of hydrogen-bond acceptors (Lipinski definition) is 3. The van der Waals surface area contributed by atoms with E-state index in [0.717, 1.165) is 18.9 Å². The lowest BCUT2D eigenvalue weighted by Crippen LogP contribution is -2.31. The van der Waals surface area contributed by atoms with Crippen LogP contribution in [0.2, 0.25) is 0 Å². The number of amides is 1. The van der Waals surface area contributed by atoms with Gasteiger partial charge >= 0.3 is 0 Å². The predicted octanol–water partition coefficient (Wildman–Crippen LogP) is 3.03. The quantitative estimate of drug-likeness (QED) is 0.846. The van der Waals surface area contributed by atoms with Crippen LogP contribution in [0.3, 0.4) is 0 Å². The smallest absolute Gasteiger partial charge is 0.241 e. The van der Waals surface area contributed by atoms with Crippen molar-refractivity contribution in [3.63, 3.8) is 0 Å². The van der Waals surface area contributed by atoms with Crippen LogP contribution >= 0.6 is 11.8 Å². The summed E-state index contributed by atoms with van der Waals surface area (Å²) in [4.78, 5) is 15.6. The molecule has 1 N–H and O–H groups in total. The highest BCUT2D eigenvalue weighted by Crippen LogP contribution is 2.34. The van der Waals surface area contributed by atoms with Gasteiger partial charge < -0.3 is 4.90 Å². The number of carbonyl (C=O) groups is 1. The average molecular weight is 290 g/mol. The normalized spacial score (nSPS) is 26.3. The number of thioether (sulfide) groups is 1. The summed E-state index contributed by atoms with van der Waals surface area (Å²) in [6.07, 6.45) is 5.97. The summed E-state index contributed by atoms with van der Waals surface area (Å²) in [6.45, 7) is 2.85. The molecular formula is C16H22N2OS. The minimum absolute atomic E-state index is 0.0483. The summed E-state index contributed by atoms with van der Waals surface area (Å²) < 4.78 is 0. The van der Waals surface area contributed by atoms with Gasteiger partial charge in [-0.15, -0.1) is 11.8 Å². The molecule has 0 aromatic heterocycles. The molecule has 20 heavy (non-hydrogen) atoms. The van der Waals surface area contributed by atoms with Crippen LogP contribution in [0.25, 0.3) is 0 Å². The first-order valence-corrected chi connectivity index (χ1v) is 8.62. The molecule has 1 saturated heterocycles. The van der Waals surface area contributed by atoms with Gasteiger partial charge in [-0.3, -0.25) is 10.1 Å². The molecule has 1 aromatic carbocycles. The summed E-state index contributed by atoms with van der Waals surface area (Å²) in [5.41, 5.74) is 1.19. The molecule has 1 aromatic rings. The average Bonchev–Trinajstić information content (AvgIpc) is 3.25. The number of benzene rings is 1. The largest absolute Gasteiger partial charge is 0.322 e. The fraction of sp³-hybridized carbons (Fsp3) is 0.562. The van der Waals surface area contributed by atoms with Crippen molar-refractivity contribution in [3.05, 3.63) is 29.8 Å². The Bertz CT molecular complexity index is 484. The third-order valence-corrected chi connectivity index (χ3v) is 5.02. The Morgan fingerprint density at radius 2 is 2.00 bits per heavy atom. The molecule has 3 rings (SSSR count). The lowest BCUT2D eigenvalue weighted by atomic mass is 10.1. The number of nitrogens with zero attached hydrogens (tertiary/aromatic N) is 1. The second kappa shape index (κ2) is 5.78. The molecule has 0 bridgehead atoms. The Balaban J connectivity index is 1.75. The summed E-state index contributed by atoms with van der Waals surface area (Å²) in [6, 6.07) is 8.47. The highest BCUT2D eigenvalue weighted by molar-refractivity contribution is 7.98. The highest BCUT2D eigenvalue weighted by Gasteiger charge is 2.37. The Kier molecular flexibility index (Phi) is 4.03. The van der Waals surface area contributed by atoms with E-state index in [2.05, 4.69) is 35.8 Å². The third-order valence-electron chi connectivity index (χ3n) is 4.28. The van der Waals surface area contributed by atoms with Crippen LogP contribution in [0.5, 0.6) is 0 Å². The van der Waals surface area contributed by atoms with Gasteiger partial charge in [-0.25, -0.2) is 0 Å². The molecule has 3 nitrogen and oxygen atoms in total. The van der Waals surface area contributed by atoms with E-state index in [9.17, 15) is 4.79 Å². The molecule has 1 saturated carbocycles. The molecule has 0 spiro atoms. The minimum atomic E-state index is -0.0700. The van der Waals surface area contributed by atoms with Crippen molar-refractivity contribution >= 4 is 17.7 Å². The summed E-state index contributed by atoms with van der Waals surface area (Å²) in [5, 5.41) is 3.42. The van der Waals surface area contributed by atoms with Gasteiger partial charge in [-0.2, -0.15) is 0 Å². The molecule has 4 heteroatoms. The minimum Gasteiger partial charge on any atom is -0.322 e. The molecule has 1 aliphatic heterocycles. The van der Waals surface area contributed by atoms with Crippen LogP contribution in [0.1, 0.15) is 37.9 Å². The zero-order valence-electron chi connectivity index (χ0n) is 12.1. The molecule has 0 radical (unpaired) electrons. The van der Waals surface area contributed by atoms with E-state index < -0.39 is 0 Å². The van der Waals surface area contributed by atoms with Gasteiger partial charge in [0.05, 0.1) is 6.04 Å². The number of nitrogens with one attached hydrogen (secondary N) is 1. The zero-order chi connectivity index (χ0) is 14.1. The molecular weight excluding hydrogens is 268 g/mol. The maximum Gasteiger partial charge on any atom is 0.241 e. The summed E-state index contributed by atoms with van der Waals surface area (Å²) >= 11 is 1.74. The SMILES string of the molecule is CSc1ccc(C2NC(C)C(=O)N2CCC2CC2)cc1. The van der Waals surface area contributed by atoms with Crippen LogP contribution in [-0.4, -0.2) is 29.6 Å². The molecule has 2 unspecified atom stereocenters. The van der Waals surface area contributed by atoms with Crippen molar-refractivity contribution in [3.8, 4) is 0 Å². The first-order chi connectivity index (χ1) is 9.69. The first kappa shape index (κ1) is 14.0. The fourth-order valence-corrected chi connectivity index (χ4v) is 3.21. The van der Waals surface area contributed by atoms with Crippen LogP contribution in [-0.2, 0) is 4.79 Å². The number of carbonyl (C=O) groups excluding carboxylic acids is 1. The molecule has 2 fully saturated rings. The van der Waals surface area contributed by atoms with Crippen LogP contribution in [0.15, 0.2) is 29.2 Å². The lowest BCUT2D eigenvalue weighted by Gasteiger charge is -2.24. The van der Waals surface area contributed by atoms with E-state index in [4.69, 9.17) is 0 Å². The van der Waals surface area contributed by atoms with Gasteiger partial charge in [0, 0.05) is 11.4 Å². The molecule has 1 aliphatic carbocycles. The lowest BCUT2D eigenvalue weighted by molar-refractivity contribution is -0.129. The molecule has 1 heterocycles. The van der Waals surface area contributed by atoms with Crippen molar-refractivity contribution < 1.29 is 4.79 Å². The second-order valence-electron chi connectivity index (χ2n) is 5.83. The number of hydrogen-bond donors (Lipinski definition) is 1. The van der Waals surface area contributed by atoms with E-state index in [-0.39, 0.29) is 18.1 Å². The van der Waals surface area contributed by atoms with Crippen molar-refractivity contribution in [2.24, 2.45) is 5.92 Å². The molecule has 1 amide bonds. The summed E-state index contributed by atoms with van der Waals surface area (Å²) in [5.74, 6) is 1.10. The van der Waals surface area contributed by atoms with Gasteiger partial charge in [-0.05, 0) is 43.2 Å². The van der Waals surface area contributed by atoms with Gasteiger partial charge in [-0.1, -0.05) is 25.0 Å². The molecule has 108 valence electrons. The van der Waals surface area contributed by atoms with Gasteiger partial charge in [0.15, 0.2) is 0 Å². The highest BCUT2D eigenvalue weighted by atomic mass is 32.2. The van der Waals surface area contributed by atoms with Gasteiger partial charge in [0.25, 0.3) is 0 Å². The fourth-order valence-electron chi connectivity index (χ4n) is 2.80. The maximum absolute atomic E-state index is 12.3. The Labute approximate surface area is 125 Å². The van der Waals surface area contributed by atoms with E-state index in [1.165, 1.54) is 23.3 Å². The first-order valence-electron chi connectivity index (χ1n) is 7.39. The number of rotatable bonds is 5. The molecule has 2 aliphatic rings. The van der Waals surface area contributed by atoms with Crippen LogP contribution < -0.4 is 5.32 Å². The summed E-state index contributed by atoms with van der Waals surface area (Å²) in [7, 11) is 0. The Hall–Kier alpha value is -1.00. The molecule has 2 atom stereocenters. The van der Waals surface area contributed by atoms with E-state index in [1.807, 2.05) is 11.8 Å². The predicted molar refractivity (Wildman–Crippen MR) is 82.6 cm³/mol. The van der Waals surface area contributed by atoms with Crippen molar-refractivity contribution in [2.45, 2.75) is 43.3 Å². The van der Waals surface area contributed by atoms with E-state index >= 15 is 0 Å². The van der Waals surface area contributed by atoms with Crippen molar-refractivity contribution in [2.75, 3.05) is 12.8 Å². The van der Waals surface area contributed by atoms with Crippen LogP contribution in [0.4, 0.5) is 0 Å². The van der Waals surface area contributed by atoms with Crippen molar-refractivity contribution in [1.82, 2.24) is 10.2 Å². The Morgan fingerprint density at radius 1 is 1.30 bits per heavy atom. The standard InChI is InChI=1S/C16H22N2OS/c1-11-16(19)18(10-9-12-3-4-12)15(17-11)13-5-7-14(20-2)8-6-13/h5-8,11-12,15,17H,3-4,9-10H2,1-2H3. The topological polar surface area (TPSA) is 32.3 Å². The third kappa shape index (κ3) is 2.86. The van der Waals surface area contributed by atoms with Gasteiger partial charge in [0.1, 0.15) is 6.17 Å². The van der Waals surface area contributed by atoms with E-state index in [1.54, 1.807) is 11.8 Å². The Morgan fingerprint density at radius 3 is 2.60 bits per heavy atom. The second-order valence-corrected chi connectivity index (χ2v) is 6.71. The maximum atomic E-state index is 12.3. The van der Waals surface area contributed by atoms with Crippen LogP contribution in [0, 0.1) is 5.92 Å². The van der Waals surface area contributed by atoms with Crippen molar-refractivity contribution in [1.29, 1.82) is 0 Å². The van der Waals surface area contributed by atoms with Gasteiger partial charge in [0.2, 0.25) is 5.91 Å². The van der Waals surface area contributed by atoms with E-state index in [0.29, 0.717) is 0 Å². The zero-order valence-corrected chi connectivity index (χ0v) is 13.0. The monoisotopic (exact) mass is 290 g/mol.